The van der Waals surface area contributed by atoms with Crippen LogP contribution in [-0.2, 0) is 6.54 Å². The molecule has 1 aromatic carbocycles. The van der Waals surface area contributed by atoms with Crippen LogP contribution >= 0.6 is 39.1 Å². The molecule has 1 aliphatic rings. The first kappa shape index (κ1) is 13.7. The van der Waals surface area contributed by atoms with Crippen LogP contribution in [0.25, 0.3) is 0 Å². The van der Waals surface area contributed by atoms with Gasteiger partial charge in [0.25, 0.3) is 0 Å². The van der Waals surface area contributed by atoms with Crippen molar-refractivity contribution in [1.29, 1.82) is 0 Å². The van der Waals surface area contributed by atoms with Crippen molar-refractivity contribution < 1.29 is 0 Å². The minimum atomic E-state index is 0.635. The van der Waals surface area contributed by atoms with Crippen LogP contribution in [0.2, 0.25) is 10.0 Å². The molecule has 94 valence electrons. The molecule has 1 heterocycles. The zero-order valence-electron chi connectivity index (χ0n) is 9.63. The van der Waals surface area contributed by atoms with E-state index in [9.17, 15) is 0 Å². The number of halogens is 3. The van der Waals surface area contributed by atoms with Crippen molar-refractivity contribution in [3.8, 4) is 0 Å². The molecule has 17 heavy (non-hydrogen) atoms. The highest BCUT2D eigenvalue weighted by Gasteiger charge is 2.21. The molecule has 0 N–H and O–H groups in total. The van der Waals surface area contributed by atoms with Gasteiger partial charge in [-0.15, -0.1) is 0 Å². The molecule has 0 radical (unpaired) electrons. The van der Waals surface area contributed by atoms with Gasteiger partial charge in [0.15, 0.2) is 0 Å². The Morgan fingerprint density at radius 2 is 2.12 bits per heavy atom. The molecule has 0 amide bonds. The lowest BCUT2D eigenvalue weighted by Crippen LogP contribution is -2.39. The predicted molar refractivity (Wildman–Crippen MR) is 78.3 cm³/mol. The zero-order chi connectivity index (χ0) is 12.3. The van der Waals surface area contributed by atoms with E-state index in [0.29, 0.717) is 11.1 Å². The van der Waals surface area contributed by atoms with Crippen molar-refractivity contribution in [2.45, 2.75) is 31.8 Å². The highest BCUT2D eigenvalue weighted by molar-refractivity contribution is 9.09. The van der Waals surface area contributed by atoms with Crippen LogP contribution in [0.1, 0.15) is 24.8 Å². The Kier molecular flexibility index (Phi) is 5.16. The molecule has 1 atom stereocenters. The Morgan fingerprint density at radius 1 is 1.29 bits per heavy atom. The van der Waals surface area contributed by atoms with Crippen molar-refractivity contribution in [3.05, 3.63) is 33.8 Å². The second-order valence-electron chi connectivity index (χ2n) is 4.51. The smallest absolute Gasteiger partial charge is 0.0465 e. The number of hydrogen-bond acceptors (Lipinski definition) is 1. The van der Waals surface area contributed by atoms with Crippen molar-refractivity contribution >= 4 is 39.1 Å². The maximum absolute atomic E-state index is 6.22. The molecule has 1 aliphatic heterocycles. The summed E-state index contributed by atoms with van der Waals surface area (Å²) in [6.07, 6.45) is 3.90. The third-order valence-corrected chi connectivity index (χ3v) is 4.65. The normalized spacial score (nSPS) is 21.7. The average Bonchev–Trinajstić information content (AvgIpc) is 2.33. The summed E-state index contributed by atoms with van der Waals surface area (Å²) in [6.45, 7) is 2.08. The fourth-order valence-electron chi connectivity index (χ4n) is 2.31. The first-order valence-corrected chi connectivity index (χ1v) is 7.82. The topological polar surface area (TPSA) is 3.24 Å². The monoisotopic (exact) mass is 335 g/mol. The molecule has 0 aromatic heterocycles. The van der Waals surface area contributed by atoms with Gasteiger partial charge in [-0.3, -0.25) is 4.90 Å². The number of likely N-dealkylation sites (tertiary alicyclic amines) is 1. The number of alkyl halides is 1. The number of hydrogen-bond donors (Lipinski definition) is 0. The summed E-state index contributed by atoms with van der Waals surface area (Å²) in [4.78, 5) is 2.51. The first-order valence-electron chi connectivity index (χ1n) is 5.94. The third kappa shape index (κ3) is 3.60. The van der Waals surface area contributed by atoms with Crippen LogP contribution in [0.4, 0.5) is 0 Å². The van der Waals surface area contributed by atoms with Crippen LogP contribution in [0.15, 0.2) is 18.2 Å². The summed E-state index contributed by atoms with van der Waals surface area (Å²) < 4.78 is 0. The largest absolute Gasteiger partial charge is 0.295 e. The second kappa shape index (κ2) is 6.42. The molecule has 1 aromatic rings. The van der Waals surface area contributed by atoms with Gasteiger partial charge in [-0.05, 0) is 37.1 Å². The van der Waals surface area contributed by atoms with Crippen LogP contribution < -0.4 is 0 Å². The van der Waals surface area contributed by atoms with Gasteiger partial charge in [-0.1, -0.05) is 51.6 Å². The molecule has 0 saturated carbocycles. The maximum atomic E-state index is 6.22. The van der Waals surface area contributed by atoms with Crippen LogP contribution in [0.3, 0.4) is 0 Å². The van der Waals surface area contributed by atoms with E-state index in [0.717, 1.165) is 23.4 Å². The standard InChI is InChI=1S/C13H16BrCl2N/c14-8-12-3-1-2-6-17(12)9-10-4-5-11(15)7-13(10)16/h4-5,7,12H,1-3,6,8-9H2. The van der Waals surface area contributed by atoms with Gasteiger partial charge in [0, 0.05) is 28.0 Å². The number of benzene rings is 1. The van der Waals surface area contributed by atoms with E-state index in [2.05, 4.69) is 20.8 Å². The fourth-order valence-corrected chi connectivity index (χ4v) is 3.51. The van der Waals surface area contributed by atoms with Gasteiger partial charge < -0.3 is 0 Å². The summed E-state index contributed by atoms with van der Waals surface area (Å²) in [7, 11) is 0. The summed E-state index contributed by atoms with van der Waals surface area (Å²) in [6, 6.07) is 6.40. The summed E-state index contributed by atoms with van der Waals surface area (Å²) in [5, 5.41) is 2.52. The summed E-state index contributed by atoms with van der Waals surface area (Å²) in [5.41, 5.74) is 1.17. The predicted octanol–water partition coefficient (Wildman–Crippen LogP) is 4.74. The molecule has 0 spiro atoms. The van der Waals surface area contributed by atoms with Crippen molar-refractivity contribution in [2.24, 2.45) is 0 Å². The quantitative estimate of drug-likeness (QED) is 0.720. The molecule has 0 bridgehead atoms. The molecule has 1 nitrogen and oxygen atoms in total. The van der Waals surface area contributed by atoms with Crippen molar-refractivity contribution in [1.82, 2.24) is 4.90 Å². The first-order chi connectivity index (χ1) is 8.20. The zero-order valence-corrected chi connectivity index (χ0v) is 12.7. The van der Waals surface area contributed by atoms with Crippen molar-refractivity contribution in [2.75, 3.05) is 11.9 Å². The van der Waals surface area contributed by atoms with E-state index in [-0.39, 0.29) is 0 Å². The molecule has 0 aliphatic carbocycles. The van der Waals surface area contributed by atoms with Gasteiger partial charge in [0.2, 0.25) is 0 Å². The molecule has 1 unspecified atom stereocenters. The number of piperidine rings is 1. The van der Waals surface area contributed by atoms with Gasteiger partial charge in [0.1, 0.15) is 0 Å². The fraction of sp³-hybridized carbons (Fsp3) is 0.538. The van der Waals surface area contributed by atoms with Crippen LogP contribution in [-0.4, -0.2) is 22.8 Å². The molecular weight excluding hydrogens is 321 g/mol. The van der Waals surface area contributed by atoms with Crippen molar-refractivity contribution in [3.63, 3.8) is 0 Å². The minimum absolute atomic E-state index is 0.635. The SMILES string of the molecule is Clc1ccc(CN2CCCCC2CBr)c(Cl)c1. The second-order valence-corrected chi connectivity index (χ2v) is 6.00. The molecular formula is C13H16BrCl2N. The van der Waals surface area contributed by atoms with Gasteiger partial charge in [-0.2, -0.15) is 0 Å². The van der Waals surface area contributed by atoms with Gasteiger partial charge >= 0.3 is 0 Å². The minimum Gasteiger partial charge on any atom is -0.295 e. The van der Waals surface area contributed by atoms with Crippen LogP contribution in [0, 0.1) is 0 Å². The number of rotatable bonds is 3. The third-order valence-electron chi connectivity index (χ3n) is 3.32. The van der Waals surface area contributed by atoms with E-state index < -0.39 is 0 Å². The lowest BCUT2D eigenvalue weighted by molar-refractivity contribution is 0.157. The highest BCUT2D eigenvalue weighted by atomic mass is 79.9. The molecule has 1 saturated heterocycles. The average molecular weight is 337 g/mol. The lowest BCUT2D eigenvalue weighted by Gasteiger charge is -2.34. The molecule has 1 fully saturated rings. The Labute approximate surface area is 121 Å². The van der Waals surface area contributed by atoms with E-state index in [1.807, 2.05) is 18.2 Å². The maximum Gasteiger partial charge on any atom is 0.0465 e. The summed E-state index contributed by atoms with van der Waals surface area (Å²) in [5.74, 6) is 0. The van der Waals surface area contributed by atoms with Gasteiger partial charge in [0.05, 0.1) is 0 Å². The van der Waals surface area contributed by atoms with Crippen LogP contribution in [0.5, 0.6) is 0 Å². The van der Waals surface area contributed by atoms with E-state index in [1.165, 1.54) is 24.8 Å². The van der Waals surface area contributed by atoms with E-state index in [1.54, 1.807) is 0 Å². The number of nitrogens with zero attached hydrogens (tertiary/aromatic N) is 1. The Balaban J connectivity index is 2.08. The van der Waals surface area contributed by atoms with E-state index >= 15 is 0 Å². The van der Waals surface area contributed by atoms with E-state index in [4.69, 9.17) is 23.2 Å². The Hall–Kier alpha value is 0.240. The molecule has 2 rings (SSSR count). The molecule has 4 heteroatoms. The Bertz CT molecular complexity index is 384. The summed E-state index contributed by atoms with van der Waals surface area (Å²) >= 11 is 15.7. The van der Waals surface area contributed by atoms with Gasteiger partial charge in [-0.25, -0.2) is 0 Å². The Morgan fingerprint density at radius 3 is 2.82 bits per heavy atom. The highest BCUT2D eigenvalue weighted by Crippen LogP contribution is 2.26. The lowest BCUT2D eigenvalue weighted by atomic mass is 10.0.